The van der Waals surface area contributed by atoms with Crippen LogP contribution in [0.15, 0.2) is 12.2 Å². The number of aliphatic hydroxyl groups excluding tert-OH is 1. The van der Waals surface area contributed by atoms with E-state index >= 15 is 0 Å². The molecule has 0 aliphatic heterocycles. The van der Waals surface area contributed by atoms with Crippen molar-refractivity contribution in [1.29, 1.82) is 0 Å². The Hall–Kier alpha value is -1.36. The molecule has 4 aliphatic rings. The zero-order chi connectivity index (χ0) is 19.8. The maximum Gasteiger partial charge on any atom is 0.309 e. The molecule has 0 radical (unpaired) electrons. The highest BCUT2D eigenvalue weighted by atomic mass is 16.6. The van der Waals surface area contributed by atoms with E-state index in [1.54, 1.807) is 0 Å². The first-order valence-electron chi connectivity index (χ1n) is 10.3. The molecular formula is C22H32O5. The molecule has 27 heavy (non-hydrogen) atoms. The highest BCUT2D eigenvalue weighted by Gasteiger charge is 2.76. The average molecular weight is 376 g/mol. The normalized spacial score (nSPS) is 51.3. The van der Waals surface area contributed by atoms with Crippen molar-refractivity contribution < 1.29 is 24.5 Å². The lowest BCUT2D eigenvalue weighted by Gasteiger charge is -2.68. The molecule has 0 aromatic rings. The third kappa shape index (κ3) is 2.04. The second-order valence-electron chi connectivity index (χ2n) is 10.1. The topological polar surface area (TPSA) is 83.8 Å². The van der Waals surface area contributed by atoms with Crippen LogP contribution in [0, 0.1) is 28.1 Å². The van der Waals surface area contributed by atoms with E-state index in [0.717, 1.165) is 37.7 Å². The van der Waals surface area contributed by atoms with Gasteiger partial charge in [-0.2, -0.15) is 0 Å². The van der Waals surface area contributed by atoms with Crippen molar-refractivity contribution in [2.24, 2.45) is 28.1 Å². The maximum atomic E-state index is 12.3. The van der Waals surface area contributed by atoms with Gasteiger partial charge in [-0.05, 0) is 69.3 Å². The fraction of sp³-hybridized carbons (Fsp3) is 0.818. The van der Waals surface area contributed by atoms with Gasteiger partial charge in [-0.15, -0.1) is 0 Å². The number of carbonyl (C=O) groups is 2. The first-order valence-corrected chi connectivity index (χ1v) is 10.3. The molecule has 0 aromatic heterocycles. The molecule has 0 amide bonds. The Morgan fingerprint density at radius 1 is 1.15 bits per heavy atom. The van der Waals surface area contributed by atoms with Gasteiger partial charge in [-0.1, -0.05) is 19.9 Å². The Labute approximate surface area is 161 Å². The fourth-order valence-corrected chi connectivity index (χ4v) is 8.02. The summed E-state index contributed by atoms with van der Waals surface area (Å²) in [5, 5.41) is 21.3. The van der Waals surface area contributed by atoms with Crippen molar-refractivity contribution in [2.75, 3.05) is 0 Å². The highest BCUT2D eigenvalue weighted by Crippen LogP contribution is 2.75. The van der Waals surface area contributed by atoms with Gasteiger partial charge >= 0.3 is 11.9 Å². The first-order chi connectivity index (χ1) is 12.5. The fourth-order valence-electron chi connectivity index (χ4n) is 8.02. The molecule has 0 aromatic carbocycles. The number of rotatable bonds is 2. The summed E-state index contributed by atoms with van der Waals surface area (Å²) in [4.78, 5) is 24.6. The Morgan fingerprint density at radius 2 is 1.85 bits per heavy atom. The Bertz CT molecular complexity index is 715. The van der Waals surface area contributed by atoms with E-state index in [4.69, 9.17) is 4.74 Å². The van der Waals surface area contributed by atoms with Gasteiger partial charge < -0.3 is 14.9 Å². The van der Waals surface area contributed by atoms with E-state index in [1.165, 1.54) is 6.92 Å². The van der Waals surface area contributed by atoms with Crippen molar-refractivity contribution in [3.63, 3.8) is 0 Å². The third-order valence-electron chi connectivity index (χ3n) is 9.20. The van der Waals surface area contributed by atoms with Gasteiger partial charge in [0, 0.05) is 17.8 Å². The summed E-state index contributed by atoms with van der Waals surface area (Å²) in [6.45, 7) is 9.62. The Morgan fingerprint density at radius 3 is 2.48 bits per heavy atom. The standard InChI is InChI=1S/C22H32O5/c1-13-15-6-11-22(27-14(2)23)20(4)9-5-8-19(3,18(25)26)16(20)7-10-21(22,12-15)17(13)24/h15-17,24H,1,5-12H2,2-4H3,(H,25,26)/t15-,16-,17-,19-,20-,21+,22-/m1/s1. The van der Waals surface area contributed by atoms with Crippen LogP contribution in [0.3, 0.4) is 0 Å². The van der Waals surface area contributed by atoms with Gasteiger partial charge in [0.1, 0.15) is 5.60 Å². The number of hydrogen-bond acceptors (Lipinski definition) is 4. The zero-order valence-electron chi connectivity index (χ0n) is 16.7. The highest BCUT2D eigenvalue weighted by molar-refractivity contribution is 5.75. The predicted molar refractivity (Wildman–Crippen MR) is 99.8 cm³/mol. The van der Waals surface area contributed by atoms with Crippen molar-refractivity contribution in [1.82, 2.24) is 0 Å². The molecule has 0 heterocycles. The van der Waals surface area contributed by atoms with Gasteiger partial charge in [0.05, 0.1) is 11.5 Å². The van der Waals surface area contributed by atoms with Gasteiger partial charge in [0.2, 0.25) is 0 Å². The molecule has 4 fully saturated rings. The second kappa shape index (κ2) is 5.59. The molecule has 5 nitrogen and oxygen atoms in total. The molecular weight excluding hydrogens is 344 g/mol. The van der Waals surface area contributed by atoms with Crippen LogP contribution in [0.2, 0.25) is 0 Å². The van der Waals surface area contributed by atoms with E-state index in [-0.39, 0.29) is 17.8 Å². The smallest absolute Gasteiger partial charge is 0.309 e. The molecule has 1 spiro atoms. The number of aliphatic hydroxyl groups is 1. The van der Waals surface area contributed by atoms with E-state index in [1.807, 2.05) is 6.92 Å². The number of carboxylic acid groups (broad SMARTS) is 1. The molecule has 0 saturated heterocycles. The molecule has 4 aliphatic carbocycles. The number of carbonyl (C=O) groups excluding carboxylic acids is 1. The zero-order valence-corrected chi connectivity index (χ0v) is 16.7. The average Bonchev–Trinajstić information content (AvgIpc) is 2.78. The summed E-state index contributed by atoms with van der Waals surface area (Å²) in [7, 11) is 0. The van der Waals surface area contributed by atoms with E-state index in [0.29, 0.717) is 19.3 Å². The number of esters is 1. The summed E-state index contributed by atoms with van der Waals surface area (Å²) in [6, 6.07) is 0. The van der Waals surface area contributed by atoms with Crippen molar-refractivity contribution in [3.05, 3.63) is 12.2 Å². The van der Waals surface area contributed by atoms with E-state index in [2.05, 4.69) is 13.5 Å². The predicted octanol–water partition coefficient (Wildman–Crippen LogP) is 3.70. The maximum absolute atomic E-state index is 12.3. The van der Waals surface area contributed by atoms with Gasteiger partial charge in [0.15, 0.2) is 0 Å². The van der Waals surface area contributed by atoms with Crippen molar-refractivity contribution in [2.45, 2.75) is 83.8 Å². The van der Waals surface area contributed by atoms with Crippen LogP contribution >= 0.6 is 0 Å². The molecule has 2 bridgehead atoms. The van der Waals surface area contributed by atoms with Crippen LogP contribution in [0.1, 0.15) is 72.1 Å². The molecule has 5 heteroatoms. The summed E-state index contributed by atoms with van der Waals surface area (Å²) in [5.41, 5.74) is -1.75. The molecule has 4 saturated carbocycles. The van der Waals surface area contributed by atoms with Crippen LogP contribution in [0.5, 0.6) is 0 Å². The number of carboxylic acids is 1. The number of fused-ring (bicyclic) bond motifs is 3. The summed E-state index contributed by atoms with van der Waals surface area (Å²) in [6.07, 6.45) is 5.39. The molecule has 7 atom stereocenters. The number of aliphatic carboxylic acids is 1. The summed E-state index contributed by atoms with van der Waals surface area (Å²) in [5.74, 6) is -0.878. The van der Waals surface area contributed by atoms with Crippen molar-refractivity contribution >= 4 is 11.9 Å². The van der Waals surface area contributed by atoms with E-state index < -0.39 is 33.9 Å². The minimum Gasteiger partial charge on any atom is -0.481 e. The Kier molecular flexibility index (Phi) is 3.93. The van der Waals surface area contributed by atoms with Crippen LogP contribution < -0.4 is 0 Å². The van der Waals surface area contributed by atoms with Crippen LogP contribution in [0.4, 0.5) is 0 Å². The monoisotopic (exact) mass is 376 g/mol. The van der Waals surface area contributed by atoms with Gasteiger partial charge in [0.25, 0.3) is 0 Å². The lowest BCUT2D eigenvalue weighted by atomic mass is 9.38. The van der Waals surface area contributed by atoms with Crippen molar-refractivity contribution in [3.8, 4) is 0 Å². The van der Waals surface area contributed by atoms with Gasteiger partial charge in [-0.3, -0.25) is 9.59 Å². The number of ether oxygens (including phenoxy) is 1. The molecule has 2 N–H and O–H groups in total. The first kappa shape index (κ1) is 19.0. The minimum atomic E-state index is -0.820. The largest absolute Gasteiger partial charge is 0.481 e. The van der Waals surface area contributed by atoms with Gasteiger partial charge in [-0.25, -0.2) is 0 Å². The minimum absolute atomic E-state index is 0.0705. The second-order valence-corrected chi connectivity index (χ2v) is 10.1. The lowest BCUT2D eigenvalue weighted by Crippen LogP contribution is -2.72. The summed E-state index contributed by atoms with van der Waals surface area (Å²) >= 11 is 0. The third-order valence-corrected chi connectivity index (χ3v) is 9.20. The van der Waals surface area contributed by atoms with Crippen LogP contribution in [0.25, 0.3) is 0 Å². The van der Waals surface area contributed by atoms with Crippen LogP contribution in [-0.2, 0) is 14.3 Å². The SMILES string of the molecule is C=C1[C@@H]2CC[C@]3(OC(C)=O)[C@@](CC[C@@H]4[C@](C)(C(=O)O)CCC[C@]43C)(C2)[C@@H]1O. The molecule has 150 valence electrons. The lowest BCUT2D eigenvalue weighted by molar-refractivity contribution is -0.285. The molecule has 4 rings (SSSR count). The molecule has 0 unspecified atom stereocenters. The quantitative estimate of drug-likeness (QED) is 0.567. The van der Waals surface area contributed by atoms with Crippen LogP contribution in [-0.4, -0.2) is 33.9 Å². The Balaban J connectivity index is 1.92. The summed E-state index contributed by atoms with van der Waals surface area (Å²) < 4.78 is 6.24. The number of hydrogen-bond donors (Lipinski definition) is 2. The van der Waals surface area contributed by atoms with E-state index in [9.17, 15) is 19.8 Å².